The van der Waals surface area contributed by atoms with E-state index < -0.39 is 5.97 Å². The van der Waals surface area contributed by atoms with Gasteiger partial charge in [-0.3, -0.25) is 0 Å². The SMILES string of the molecule is CC(C)(C)c1cc(C(=O)O)cc(Br)n1. The van der Waals surface area contributed by atoms with Crippen LogP contribution in [0.3, 0.4) is 0 Å². The average Bonchev–Trinajstić information content (AvgIpc) is 2.01. The van der Waals surface area contributed by atoms with Gasteiger partial charge in [-0.2, -0.15) is 0 Å². The lowest BCUT2D eigenvalue weighted by molar-refractivity contribution is 0.0696. The Hall–Kier alpha value is -0.900. The fourth-order valence-electron chi connectivity index (χ4n) is 1.00. The normalized spacial score (nSPS) is 11.4. The van der Waals surface area contributed by atoms with E-state index in [1.54, 1.807) is 6.07 Å². The molecule has 14 heavy (non-hydrogen) atoms. The number of carbonyl (C=O) groups is 1. The molecule has 0 atom stereocenters. The van der Waals surface area contributed by atoms with Gasteiger partial charge in [0.25, 0.3) is 0 Å². The number of pyridine rings is 1. The van der Waals surface area contributed by atoms with E-state index >= 15 is 0 Å². The van der Waals surface area contributed by atoms with Gasteiger partial charge in [0.2, 0.25) is 0 Å². The zero-order chi connectivity index (χ0) is 10.9. The number of carboxylic acid groups (broad SMARTS) is 1. The summed E-state index contributed by atoms with van der Waals surface area (Å²) in [6, 6.07) is 3.10. The summed E-state index contributed by atoms with van der Waals surface area (Å²) in [6.07, 6.45) is 0. The predicted octanol–water partition coefficient (Wildman–Crippen LogP) is 2.84. The molecule has 0 aromatic carbocycles. The Morgan fingerprint density at radius 1 is 1.43 bits per heavy atom. The summed E-state index contributed by atoms with van der Waals surface area (Å²) in [6.45, 7) is 5.98. The molecule has 0 saturated carbocycles. The molecule has 0 amide bonds. The van der Waals surface area contributed by atoms with Gasteiger partial charge in [0.05, 0.1) is 5.56 Å². The standard InChI is InChI=1S/C10H12BrNO2/c1-10(2,3)7-4-6(9(13)14)5-8(11)12-7/h4-5H,1-3H3,(H,13,14). The summed E-state index contributed by atoms with van der Waals surface area (Å²) >= 11 is 3.20. The van der Waals surface area contributed by atoms with E-state index in [0.717, 1.165) is 5.69 Å². The highest BCUT2D eigenvalue weighted by Crippen LogP contribution is 2.23. The molecule has 3 nitrogen and oxygen atoms in total. The van der Waals surface area contributed by atoms with Crippen molar-refractivity contribution in [1.29, 1.82) is 0 Å². The summed E-state index contributed by atoms with van der Waals surface area (Å²) in [5, 5.41) is 8.85. The molecular formula is C10H12BrNO2. The summed E-state index contributed by atoms with van der Waals surface area (Å²) in [5.41, 5.74) is 0.884. The minimum absolute atomic E-state index is 0.145. The number of hydrogen-bond acceptors (Lipinski definition) is 2. The van der Waals surface area contributed by atoms with Crippen LogP contribution in [0.25, 0.3) is 0 Å². The van der Waals surface area contributed by atoms with Gasteiger partial charge in [-0.05, 0) is 28.1 Å². The summed E-state index contributed by atoms with van der Waals surface area (Å²) in [7, 11) is 0. The van der Waals surface area contributed by atoms with Gasteiger partial charge in [-0.1, -0.05) is 20.8 Å². The number of carboxylic acids is 1. The van der Waals surface area contributed by atoms with Crippen LogP contribution in [0, 0.1) is 0 Å². The van der Waals surface area contributed by atoms with Crippen LogP contribution in [-0.4, -0.2) is 16.1 Å². The molecule has 0 aliphatic heterocycles. The average molecular weight is 258 g/mol. The maximum absolute atomic E-state index is 10.8. The number of nitrogens with zero attached hydrogens (tertiary/aromatic N) is 1. The Morgan fingerprint density at radius 3 is 2.43 bits per heavy atom. The van der Waals surface area contributed by atoms with Crippen LogP contribution in [0.5, 0.6) is 0 Å². The van der Waals surface area contributed by atoms with Crippen molar-refractivity contribution in [2.75, 3.05) is 0 Å². The highest BCUT2D eigenvalue weighted by molar-refractivity contribution is 9.10. The second-order valence-corrected chi connectivity index (χ2v) is 4.93. The number of hydrogen-bond donors (Lipinski definition) is 1. The van der Waals surface area contributed by atoms with Crippen molar-refractivity contribution >= 4 is 21.9 Å². The van der Waals surface area contributed by atoms with Gasteiger partial charge in [-0.25, -0.2) is 9.78 Å². The van der Waals surface area contributed by atoms with E-state index in [-0.39, 0.29) is 11.0 Å². The smallest absolute Gasteiger partial charge is 0.335 e. The van der Waals surface area contributed by atoms with E-state index in [9.17, 15) is 4.79 Å². The van der Waals surface area contributed by atoms with Gasteiger partial charge >= 0.3 is 5.97 Å². The van der Waals surface area contributed by atoms with Crippen LogP contribution in [0.1, 0.15) is 36.8 Å². The van der Waals surface area contributed by atoms with Crippen LogP contribution in [-0.2, 0) is 5.41 Å². The summed E-state index contributed by atoms with van der Waals surface area (Å²) < 4.78 is 0.558. The molecule has 1 rings (SSSR count). The maximum atomic E-state index is 10.8. The van der Waals surface area contributed by atoms with Crippen LogP contribution in [0.2, 0.25) is 0 Å². The van der Waals surface area contributed by atoms with E-state index in [4.69, 9.17) is 5.11 Å². The third-order valence-electron chi connectivity index (χ3n) is 1.81. The number of aromatic carboxylic acids is 1. The van der Waals surface area contributed by atoms with Crippen molar-refractivity contribution in [2.45, 2.75) is 26.2 Å². The zero-order valence-electron chi connectivity index (χ0n) is 8.34. The number of aromatic nitrogens is 1. The molecule has 76 valence electrons. The molecule has 1 aromatic rings. The minimum Gasteiger partial charge on any atom is -0.478 e. The first kappa shape index (κ1) is 11.2. The topological polar surface area (TPSA) is 50.2 Å². The van der Waals surface area contributed by atoms with Crippen LogP contribution >= 0.6 is 15.9 Å². The highest BCUT2D eigenvalue weighted by Gasteiger charge is 2.18. The Morgan fingerprint density at radius 2 is 2.00 bits per heavy atom. The largest absolute Gasteiger partial charge is 0.478 e. The Balaban J connectivity index is 3.28. The molecule has 0 fully saturated rings. The van der Waals surface area contributed by atoms with Gasteiger partial charge in [0, 0.05) is 11.1 Å². The number of rotatable bonds is 1. The fourth-order valence-corrected chi connectivity index (χ4v) is 1.44. The first-order chi connectivity index (χ1) is 6.30. The molecule has 1 aromatic heterocycles. The highest BCUT2D eigenvalue weighted by atomic mass is 79.9. The van der Waals surface area contributed by atoms with Crippen LogP contribution in [0.4, 0.5) is 0 Å². The lowest BCUT2D eigenvalue weighted by Crippen LogP contribution is -2.15. The minimum atomic E-state index is -0.932. The second-order valence-electron chi connectivity index (χ2n) is 4.12. The van der Waals surface area contributed by atoms with Crippen molar-refractivity contribution in [3.63, 3.8) is 0 Å². The molecule has 1 N–H and O–H groups in total. The van der Waals surface area contributed by atoms with Crippen molar-refractivity contribution in [1.82, 2.24) is 4.98 Å². The van der Waals surface area contributed by atoms with Gasteiger partial charge in [0.1, 0.15) is 4.60 Å². The molecular weight excluding hydrogens is 246 g/mol. The maximum Gasteiger partial charge on any atom is 0.335 e. The van der Waals surface area contributed by atoms with Crippen LogP contribution < -0.4 is 0 Å². The Kier molecular flexibility index (Phi) is 2.95. The van der Waals surface area contributed by atoms with Gasteiger partial charge in [-0.15, -0.1) is 0 Å². The van der Waals surface area contributed by atoms with E-state index in [0.29, 0.717) is 4.60 Å². The molecule has 0 radical (unpaired) electrons. The molecule has 1 heterocycles. The Bertz CT molecular complexity index is 369. The van der Waals surface area contributed by atoms with Crippen LogP contribution in [0.15, 0.2) is 16.7 Å². The third kappa shape index (κ3) is 2.54. The van der Waals surface area contributed by atoms with E-state index in [1.807, 2.05) is 20.8 Å². The quantitative estimate of drug-likeness (QED) is 0.788. The Labute approximate surface area is 91.3 Å². The molecule has 0 bridgehead atoms. The molecule has 0 unspecified atom stereocenters. The second kappa shape index (κ2) is 3.69. The molecule has 0 spiro atoms. The third-order valence-corrected chi connectivity index (χ3v) is 2.22. The summed E-state index contributed by atoms with van der Waals surface area (Å²) in [4.78, 5) is 15.0. The monoisotopic (exact) mass is 257 g/mol. The zero-order valence-corrected chi connectivity index (χ0v) is 9.92. The lowest BCUT2D eigenvalue weighted by Gasteiger charge is -2.18. The van der Waals surface area contributed by atoms with Crippen molar-refractivity contribution in [3.8, 4) is 0 Å². The molecule has 0 aliphatic carbocycles. The predicted molar refractivity (Wildman–Crippen MR) is 57.6 cm³/mol. The molecule has 4 heteroatoms. The van der Waals surface area contributed by atoms with Crippen molar-refractivity contribution in [3.05, 3.63) is 28.0 Å². The lowest BCUT2D eigenvalue weighted by atomic mass is 9.91. The summed E-state index contributed by atoms with van der Waals surface area (Å²) in [5.74, 6) is -0.932. The first-order valence-corrected chi connectivity index (χ1v) is 5.01. The van der Waals surface area contributed by atoms with Crippen molar-refractivity contribution in [2.24, 2.45) is 0 Å². The number of halogens is 1. The fraction of sp³-hybridized carbons (Fsp3) is 0.400. The van der Waals surface area contributed by atoms with E-state index in [1.165, 1.54) is 6.07 Å². The molecule has 0 saturated heterocycles. The van der Waals surface area contributed by atoms with Crippen molar-refractivity contribution < 1.29 is 9.90 Å². The van der Waals surface area contributed by atoms with Gasteiger partial charge < -0.3 is 5.11 Å². The first-order valence-electron chi connectivity index (χ1n) is 4.22. The molecule has 0 aliphatic rings. The van der Waals surface area contributed by atoms with Gasteiger partial charge in [0.15, 0.2) is 0 Å². The van der Waals surface area contributed by atoms with E-state index in [2.05, 4.69) is 20.9 Å².